The first-order valence-corrected chi connectivity index (χ1v) is 8.01. The van der Waals surface area contributed by atoms with Gasteiger partial charge in [0.25, 0.3) is 0 Å². The molecule has 1 aromatic heterocycles. The van der Waals surface area contributed by atoms with Crippen molar-refractivity contribution in [2.75, 3.05) is 18.1 Å². The van der Waals surface area contributed by atoms with Crippen LogP contribution in [0.5, 0.6) is 5.75 Å². The number of nitriles is 1. The Labute approximate surface area is 144 Å². The fourth-order valence-corrected chi connectivity index (χ4v) is 3.23. The molecule has 0 aliphatic rings. The highest BCUT2D eigenvalue weighted by atomic mass is 79.9. The molecular formula is C14H13Br2N5O. The average Bonchev–Trinajstić information content (AvgIpc) is 2.45. The molecule has 2 aromatic rings. The maximum atomic E-state index is 9.34. The van der Waals surface area contributed by atoms with Gasteiger partial charge in [-0.15, -0.1) is 0 Å². The number of nitrogen functional groups attached to an aromatic ring is 2. The fourth-order valence-electron chi connectivity index (χ4n) is 1.89. The van der Waals surface area contributed by atoms with Crippen LogP contribution in [-0.2, 0) is 0 Å². The van der Waals surface area contributed by atoms with E-state index in [1.807, 2.05) is 19.1 Å². The van der Waals surface area contributed by atoms with Crippen LogP contribution in [0.2, 0.25) is 0 Å². The first kappa shape index (κ1) is 16.5. The van der Waals surface area contributed by atoms with E-state index in [-0.39, 0.29) is 17.3 Å². The van der Waals surface area contributed by atoms with Gasteiger partial charge in [-0.2, -0.15) is 10.2 Å². The van der Waals surface area contributed by atoms with Crippen molar-refractivity contribution in [1.29, 1.82) is 5.26 Å². The molecule has 1 heterocycles. The molecule has 0 amide bonds. The van der Waals surface area contributed by atoms with Crippen LogP contribution in [0.25, 0.3) is 11.3 Å². The Morgan fingerprint density at radius 1 is 1.27 bits per heavy atom. The van der Waals surface area contributed by atoms with E-state index in [4.69, 9.17) is 16.2 Å². The standard InChI is InChI=1S/C14H13Br2N5O/c1-2-3-22-12-8(4-7(15)5-10(12)16)11-9(6-17)13(18)21-14(19)20-11/h4-5H,2-3H2,1H3,(H4,18,19,20,21). The van der Waals surface area contributed by atoms with Crippen molar-refractivity contribution in [3.63, 3.8) is 0 Å². The second-order valence-electron chi connectivity index (χ2n) is 4.42. The van der Waals surface area contributed by atoms with Crippen molar-refractivity contribution in [1.82, 2.24) is 9.97 Å². The Hall–Kier alpha value is -1.85. The number of nitrogens with two attached hydrogens (primary N) is 2. The molecule has 4 N–H and O–H groups in total. The largest absolute Gasteiger partial charge is 0.492 e. The number of nitrogens with zero attached hydrogens (tertiary/aromatic N) is 3. The molecule has 0 aliphatic carbocycles. The Bertz CT molecular complexity index is 758. The highest BCUT2D eigenvalue weighted by molar-refractivity contribution is 9.11. The van der Waals surface area contributed by atoms with Gasteiger partial charge in [-0.1, -0.05) is 22.9 Å². The zero-order valence-corrected chi connectivity index (χ0v) is 14.9. The molecule has 0 radical (unpaired) electrons. The number of rotatable bonds is 4. The lowest BCUT2D eigenvalue weighted by atomic mass is 10.1. The molecule has 1 aromatic carbocycles. The monoisotopic (exact) mass is 425 g/mol. The molecule has 2 rings (SSSR count). The topological polar surface area (TPSA) is 111 Å². The SMILES string of the molecule is CCCOc1c(Br)cc(Br)cc1-c1nc(N)nc(N)c1C#N. The van der Waals surface area contributed by atoms with Gasteiger partial charge < -0.3 is 16.2 Å². The fraction of sp³-hybridized carbons (Fsp3) is 0.214. The van der Waals surface area contributed by atoms with E-state index in [1.54, 1.807) is 6.07 Å². The van der Waals surface area contributed by atoms with Gasteiger partial charge in [0.15, 0.2) is 0 Å². The number of halogens is 2. The van der Waals surface area contributed by atoms with E-state index < -0.39 is 0 Å². The number of anilines is 2. The molecule has 0 unspecified atom stereocenters. The van der Waals surface area contributed by atoms with Crippen LogP contribution in [-0.4, -0.2) is 16.6 Å². The van der Waals surface area contributed by atoms with E-state index in [2.05, 4.69) is 41.8 Å². The third-order valence-corrected chi connectivity index (χ3v) is 3.83. The maximum absolute atomic E-state index is 9.34. The van der Waals surface area contributed by atoms with Crippen LogP contribution >= 0.6 is 31.9 Å². The van der Waals surface area contributed by atoms with Gasteiger partial charge in [0.05, 0.1) is 16.8 Å². The van der Waals surface area contributed by atoms with Gasteiger partial charge in [0, 0.05) is 10.0 Å². The first-order chi connectivity index (χ1) is 10.5. The summed E-state index contributed by atoms with van der Waals surface area (Å²) in [6.07, 6.45) is 0.848. The summed E-state index contributed by atoms with van der Waals surface area (Å²) in [5, 5.41) is 9.34. The van der Waals surface area contributed by atoms with E-state index >= 15 is 0 Å². The molecular weight excluding hydrogens is 414 g/mol. The summed E-state index contributed by atoms with van der Waals surface area (Å²) >= 11 is 6.89. The zero-order valence-electron chi connectivity index (χ0n) is 11.7. The van der Waals surface area contributed by atoms with E-state index in [9.17, 15) is 5.26 Å². The number of hydrogen-bond donors (Lipinski definition) is 2. The van der Waals surface area contributed by atoms with Crippen LogP contribution in [0.3, 0.4) is 0 Å². The van der Waals surface area contributed by atoms with Crippen LogP contribution < -0.4 is 16.2 Å². The Balaban J connectivity index is 2.74. The molecule has 0 aliphatic heterocycles. The quantitative estimate of drug-likeness (QED) is 0.773. The number of aromatic nitrogens is 2. The molecule has 0 atom stereocenters. The van der Waals surface area contributed by atoms with E-state index in [1.165, 1.54) is 0 Å². The lowest BCUT2D eigenvalue weighted by molar-refractivity contribution is 0.316. The second kappa shape index (κ2) is 6.94. The third kappa shape index (κ3) is 3.31. The number of ether oxygens (including phenoxy) is 1. The predicted octanol–water partition coefficient (Wildman–Crippen LogP) is 3.49. The van der Waals surface area contributed by atoms with Gasteiger partial charge >= 0.3 is 0 Å². The van der Waals surface area contributed by atoms with Crippen molar-refractivity contribution in [3.8, 4) is 23.1 Å². The molecule has 8 heteroatoms. The minimum absolute atomic E-state index is 0.00374. The summed E-state index contributed by atoms with van der Waals surface area (Å²) in [5.74, 6) is 0.630. The Kier molecular flexibility index (Phi) is 5.21. The zero-order chi connectivity index (χ0) is 16.3. The van der Waals surface area contributed by atoms with Gasteiger partial charge in [-0.3, -0.25) is 0 Å². The second-order valence-corrected chi connectivity index (χ2v) is 6.19. The normalized spacial score (nSPS) is 10.3. The number of benzene rings is 1. The lowest BCUT2D eigenvalue weighted by Gasteiger charge is -2.15. The highest BCUT2D eigenvalue weighted by Gasteiger charge is 2.19. The Morgan fingerprint density at radius 2 is 2.00 bits per heavy atom. The van der Waals surface area contributed by atoms with Crippen molar-refractivity contribution >= 4 is 43.6 Å². The van der Waals surface area contributed by atoms with Gasteiger partial charge in [0.1, 0.15) is 23.2 Å². The summed E-state index contributed by atoms with van der Waals surface area (Å²) < 4.78 is 7.33. The van der Waals surface area contributed by atoms with Crippen LogP contribution in [0.4, 0.5) is 11.8 Å². The van der Waals surface area contributed by atoms with E-state index in [0.717, 1.165) is 15.4 Å². The third-order valence-electron chi connectivity index (χ3n) is 2.78. The van der Waals surface area contributed by atoms with Crippen molar-refractivity contribution in [2.45, 2.75) is 13.3 Å². The number of hydrogen-bond acceptors (Lipinski definition) is 6. The van der Waals surface area contributed by atoms with Gasteiger partial charge in [-0.05, 0) is 34.5 Å². The van der Waals surface area contributed by atoms with Crippen LogP contribution in [0.1, 0.15) is 18.9 Å². The molecule has 0 saturated carbocycles. The first-order valence-electron chi connectivity index (χ1n) is 6.43. The average molecular weight is 427 g/mol. The molecule has 6 nitrogen and oxygen atoms in total. The summed E-state index contributed by atoms with van der Waals surface area (Å²) in [6.45, 7) is 2.54. The van der Waals surface area contributed by atoms with Crippen molar-refractivity contribution in [2.24, 2.45) is 0 Å². The molecule has 0 saturated heterocycles. The lowest BCUT2D eigenvalue weighted by Crippen LogP contribution is -2.06. The summed E-state index contributed by atoms with van der Waals surface area (Å²) in [6, 6.07) is 5.68. The van der Waals surface area contributed by atoms with E-state index in [0.29, 0.717) is 23.6 Å². The van der Waals surface area contributed by atoms with Crippen LogP contribution in [0.15, 0.2) is 21.1 Å². The summed E-state index contributed by atoms with van der Waals surface area (Å²) in [4.78, 5) is 7.99. The van der Waals surface area contributed by atoms with Crippen molar-refractivity contribution < 1.29 is 4.74 Å². The molecule has 0 spiro atoms. The Morgan fingerprint density at radius 3 is 2.64 bits per heavy atom. The minimum atomic E-state index is 0.00374. The highest BCUT2D eigenvalue weighted by Crippen LogP contribution is 2.40. The minimum Gasteiger partial charge on any atom is -0.492 e. The predicted molar refractivity (Wildman–Crippen MR) is 92.2 cm³/mol. The maximum Gasteiger partial charge on any atom is 0.222 e. The molecule has 0 bridgehead atoms. The summed E-state index contributed by atoms with van der Waals surface area (Å²) in [5.41, 5.74) is 12.6. The summed E-state index contributed by atoms with van der Waals surface area (Å²) in [7, 11) is 0. The molecule has 114 valence electrons. The van der Waals surface area contributed by atoms with Gasteiger partial charge in [0.2, 0.25) is 5.95 Å². The molecule has 0 fully saturated rings. The van der Waals surface area contributed by atoms with Crippen molar-refractivity contribution in [3.05, 3.63) is 26.6 Å². The van der Waals surface area contributed by atoms with Crippen LogP contribution in [0, 0.1) is 11.3 Å². The molecule has 22 heavy (non-hydrogen) atoms. The smallest absolute Gasteiger partial charge is 0.222 e. The van der Waals surface area contributed by atoms with Gasteiger partial charge in [-0.25, -0.2) is 4.98 Å².